The third-order valence-electron chi connectivity index (χ3n) is 2.78. The van der Waals surface area contributed by atoms with E-state index in [0.29, 0.717) is 6.04 Å². The topological polar surface area (TPSA) is 28.2 Å². The molecule has 1 unspecified atom stereocenters. The van der Waals surface area contributed by atoms with Gasteiger partial charge in [-0.1, -0.05) is 0 Å². The van der Waals surface area contributed by atoms with E-state index in [1.165, 1.54) is 5.69 Å². The van der Waals surface area contributed by atoms with Crippen molar-refractivity contribution >= 4 is 5.69 Å². The Morgan fingerprint density at radius 1 is 1.33 bits per heavy atom. The lowest BCUT2D eigenvalue weighted by Gasteiger charge is -2.21. The highest BCUT2D eigenvalue weighted by atomic mass is 15.1. The molecule has 0 aliphatic carbocycles. The first kappa shape index (κ1) is 12.0. The van der Waals surface area contributed by atoms with E-state index in [4.69, 9.17) is 0 Å². The summed E-state index contributed by atoms with van der Waals surface area (Å²) < 4.78 is 0. The van der Waals surface area contributed by atoms with E-state index in [2.05, 4.69) is 48.1 Å². The van der Waals surface area contributed by atoms with Gasteiger partial charge in [0.1, 0.15) is 0 Å². The number of pyridine rings is 1. The molecule has 0 spiro atoms. The SMILES string of the molecule is CCN(CC)c1ccc(C(C)NC)nc1. The summed E-state index contributed by atoms with van der Waals surface area (Å²) in [6.45, 7) is 8.49. The average Bonchev–Trinajstić information content (AvgIpc) is 2.30. The second kappa shape index (κ2) is 5.71. The molecule has 0 saturated heterocycles. The fourth-order valence-electron chi connectivity index (χ4n) is 1.58. The zero-order valence-electron chi connectivity index (χ0n) is 10.1. The number of anilines is 1. The summed E-state index contributed by atoms with van der Waals surface area (Å²) in [6.07, 6.45) is 1.95. The first-order valence-electron chi connectivity index (χ1n) is 5.61. The van der Waals surface area contributed by atoms with Gasteiger partial charge in [-0.2, -0.15) is 0 Å². The highest BCUT2D eigenvalue weighted by molar-refractivity contribution is 5.44. The molecule has 3 heteroatoms. The van der Waals surface area contributed by atoms with Crippen molar-refractivity contribution in [2.45, 2.75) is 26.8 Å². The van der Waals surface area contributed by atoms with Crippen LogP contribution in [0.3, 0.4) is 0 Å². The van der Waals surface area contributed by atoms with Crippen LogP contribution in [0.1, 0.15) is 32.5 Å². The normalized spacial score (nSPS) is 12.5. The fourth-order valence-corrected chi connectivity index (χ4v) is 1.58. The van der Waals surface area contributed by atoms with E-state index in [9.17, 15) is 0 Å². The lowest BCUT2D eigenvalue weighted by molar-refractivity contribution is 0.632. The number of nitrogens with one attached hydrogen (secondary N) is 1. The Morgan fingerprint density at radius 2 is 2.00 bits per heavy atom. The van der Waals surface area contributed by atoms with Gasteiger partial charge in [0, 0.05) is 19.1 Å². The van der Waals surface area contributed by atoms with Crippen molar-refractivity contribution in [2.24, 2.45) is 0 Å². The Balaban J connectivity index is 2.79. The predicted octanol–water partition coefficient (Wildman–Crippen LogP) is 2.21. The minimum atomic E-state index is 0.316. The van der Waals surface area contributed by atoms with E-state index in [1.54, 1.807) is 0 Å². The molecule has 0 aliphatic rings. The minimum Gasteiger partial charge on any atom is -0.371 e. The van der Waals surface area contributed by atoms with Crippen LogP contribution < -0.4 is 10.2 Å². The summed E-state index contributed by atoms with van der Waals surface area (Å²) in [4.78, 5) is 6.75. The molecule has 0 radical (unpaired) electrons. The Bertz CT molecular complexity index is 277. The third-order valence-corrected chi connectivity index (χ3v) is 2.78. The van der Waals surface area contributed by atoms with Crippen LogP contribution in [-0.4, -0.2) is 25.1 Å². The monoisotopic (exact) mass is 207 g/mol. The van der Waals surface area contributed by atoms with Gasteiger partial charge in [-0.3, -0.25) is 4.98 Å². The summed E-state index contributed by atoms with van der Waals surface area (Å²) in [5, 5.41) is 3.18. The number of aromatic nitrogens is 1. The van der Waals surface area contributed by atoms with Crippen LogP contribution in [-0.2, 0) is 0 Å². The Hall–Kier alpha value is -1.09. The predicted molar refractivity (Wildman–Crippen MR) is 65.3 cm³/mol. The Kier molecular flexibility index (Phi) is 4.56. The summed E-state index contributed by atoms with van der Waals surface area (Å²) in [5.41, 5.74) is 2.29. The fraction of sp³-hybridized carbons (Fsp3) is 0.583. The first-order chi connectivity index (χ1) is 7.22. The second-order valence-electron chi connectivity index (χ2n) is 3.62. The molecule has 84 valence electrons. The largest absolute Gasteiger partial charge is 0.371 e. The maximum Gasteiger partial charge on any atom is 0.0571 e. The molecule has 3 nitrogen and oxygen atoms in total. The van der Waals surface area contributed by atoms with Gasteiger partial charge < -0.3 is 10.2 Å². The molecule has 1 aromatic rings. The molecule has 0 aliphatic heterocycles. The average molecular weight is 207 g/mol. The van der Waals surface area contributed by atoms with Crippen molar-refractivity contribution in [3.63, 3.8) is 0 Å². The van der Waals surface area contributed by atoms with Gasteiger partial charge in [-0.05, 0) is 40.0 Å². The van der Waals surface area contributed by atoms with Crippen LogP contribution in [0, 0.1) is 0 Å². The molecule has 15 heavy (non-hydrogen) atoms. The molecule has 1 N–H and O–H groups in total. The van der Waals surface area contributed by atoms with Gasteiger partial charge in [0.2, 0.25) is 0 Å². The first-order valence-corrected chi connectivity index (χ1v) is 5.61. The summed E-state index contributed by atoms with van der Waals surface area (Å²) >= 11 is 0. The van der Waals surface area contributed by atoms with Crippen LogP contribution in [0.4, 0.5) is 5.69 Å². The molecular formula is C12H21N3. The molecule has 1 rings (SSSR count). The van der Waals surface area contributed by atoms with E-state index < -0.39 is 0 Å². The maximum atomic E-state index is 4.46. The van der Waals surface area contributed by atoms with E-state index in [-0.39, 0.29) is 0 Å². The highest BCUT2D eigenvalue weighted by Gasteiger charge is 2.05. The third kappa shape index (κ3) is 2.93. The van der Waals surface area contributed by atoms with E-state index in [0.717, 1.165) is 18.8 Å². The lowest BCUT2D eigenvalue weighted by atomic mass is 10.2. The maximum absolute atomic E-state index is 4.46. The van der Waals surface area contributed by atoms with Crippen molar-refractivity contribution < 1.29 is 0 Å². The van der Waals surface area contributed by atoms with Gasteiger partial charge in [0.05, 0.1) is 17.6 Å². The standard InChI is InChI=1S/C12H21N3/c1-5-15(6-2)11-7-8-12(14-9-11)10(3)13-4/h7-10,13H,5-6H2,1-4H3. The van der Waals surface area contributed by atoms with Crippen molar-refractivity contribution in [1.29, 1.82) is 0 Å². The van der Waals surface area contributed by atoms with E-state index >= 15 is 0 Å². The molecule has 0 fully saturated rings. The highest BCUT2D eigenvalue weighted by Crippen LogP contribution is 2.15. The second-order valence-corrected chi connectivity index (χ2v) is 3.62. The molecule has 0 amide bonds. The zero-order valence-corrected chi connectivity index (χ0v) is 10.1. The summed E-state index contributed by atoms with van der Waals surface area (Å²) in [5.74, 6) is 0. The molecule has 0 saturated carbocycles. The van der Waals surface area contributed by atoms with Crippen LogP contribution in [0.25, 0.3) is 0 Å². The smallest absolute Gasteiger partial charge is 0.0571 e. The van der Waals surface area contributed by atoms with E-state index in [1.807, 2.05) is 13.2 Å². The zero-order chi connectivity index (χ0) is 11.3. The van der Waals surface area contributed by atoms with Crippen molar-refractivity contribution in [2.75, 3.05) is 25.0 Å². The van der Waals surface area contributed by atoms with Crippen molar-refractivity contribution in [3.05, 3.63) is 24.0 Å². The van der Waals surface area contributed by atoms with Gasteiger partial charge in [0.25, 0.3) is 0 Å². The molecule has 0 aromatic carbocycles. The molecule has 0 bridgehead atoms. The van der Waals surface area contributed by atoms with Crippen LogP contribution in [0.2, 0.25) is 0 Å². The van der Waals surface area contributed by atoms with Gasteiger partial charge in [-0.15, -0.1) is 0 Å². The molecule has 1 atom stereocenters. The Morgan fingerprint density at radius 3 is 2.40 bits per heavy atom. The summed E-state index contributed by atoms with van der Waals surface area (Å²) in [6, 6.07) is 4.55. The molecule has 1 heterocycles. The minimum absolute atomic E-state index is 0.316. The lowest BCUT2D eigenvalue weighted by Crippen LogP contribution is -2.22. The van der Waals surface area contributed by atoms with Crippen molar-refractivity contribution in [1.82, 2.24) is 10.3 Å². The number of hydrogen-bond donors (Lipinski definition) is 1. The molecule has 1 aromatic heterocycles. The number of hydrogen-bond acceptors (Lipinski definition) is 3. The summed E-state index contributed by atoms with van der Waals surface area (Å²) in [7, 11) is 1.95. The van der Waals surface area contributed by atoms with Crippen LogP contribution >= 0.6 is 0 Å². The van der Waals surface area contributed by atoms with Gasteiger partial charge in [0.15, 0.2) is 0 Å². The number of nitrogens with zero attached hydrogens (tertiary/aromatic N) is 2. The van der Waals surface area contributed by atoms with Crippen LogP contribution in [0.15, 0.2) is 18.3 Å². The quantitative estimate of drug-likeness (QED) is 0.802. The van der Waals surface area contributed by atoms with Crippen LogP contribution in [0.5, 0.6) is 0 Å². The van der Waals surface area contributed by atoms with Crippen molar-refractivity contribution in [3.8, 4) is 0 Å². The van der Waals surface area contributed by atoms with Gasteiger partial charge >= 0.3 is 0 Å². The molecular weight excluding hydrogens is 186 g/mol. The number of rotatable bonds is 5. The van der Waals surface area contributed by atoms with Gasteiger partial charge in [-0.25, -0.2) is 0 Å². The Labute approximate surface area is 92.5 Å².